The van der Waals surface area contributed by atoms with Crippen LogP contribution in [0.2, 0.25) is 0 Å². The van der Waals surface area contributed by atoms with E-state index in [-0.39, 0.29) is 6.42 Å². The maximum absolute atomic E-state index is 10.7. The van der Waals surface area contributed by atoms with Crippen molar-refractivity contribution in [1.29, 1.82) is 0 Å². The molecule has 1 aromatic carbocycles. The topological polar surface area (TPSA) is 109 Å². The Balaban J connectivity index is 1.84. The Morgan fingerprint density at radius 2 is 2.04 bits per heavy atom. The summed E-state index contributed by atoms with van der Waals surface area (Å²) in [5, 5.41) is 21.0. The second-order valence-corrected chi connectivity index (χ2v) is 5.44. The summed E-state index contributed by atoms with van der Waals surface area (Å²) in [5.74, 6) is 0.445. The van der Waals surface area contributed by atoms with Crippen molar-refractivity contribution in [2.24, 2.45) is 0 Å². The summed E-state index contributed by atoms with van der Waals surface area (Å²) in [4.78, 5) is 19.9. The molecule has 2 N–H and O–H groups in total. The second kappa shape index (κ2) is 5.73. The first-order chi connectivity index (χ1) is 11.7. The number of hydrogen-bond acceptors (Lipinski definition) is 5. The van der Waals surface area contributed by atoms with Crippen molar-refractivity contribution in [2.45, 2.75) is 19.3 Å². The number of carbonyl (C=O) groups is 1. The molecule has 0 aliphatic rings. The molecule has 120 valence electrons. The number of aromatic amines is 1. The largest absolute Gasteiger partial charge is 0.481 e. The van der Waals surface area contributed by atoms with E-state index in [0.717, 1.165) is 10.9 Å². The Morgan fingerprint density at radius 3 is 2.83 bits per heavy atom. The molecule has 8 nitrogen and oxygen atoms in total. The lowest BCUT2D eigenvalue weighted by molar-refractivity contribution is -0.137. The first-order valence-electron chi connectivity index (χ1n) is 7.58. The van der Waals surface area contributed by atoms with Gasteiger partial charge in [0, 0.05) is 18.4 Å². The number of rotatable bonds is 5. The Kier molecular flexibility index (Phi) is 3.42. The number of carboxylic acids is 1. The highest BCUT2D eigenvalue weighted by molar-refractivity contribution is 5.89. The lowest BCUT2D eigenvalue weighted by Crippen LogP contribution is -2.05. The van der Waals surface area contributed by atoms with Crippen molar-refractivity contribution in [3.63, 3.8) is 0 Å². The van der Waals surface area contributed by atoms with Crippen LogP contribution in [0.4, 0.5) is 0 Å². The van der Waals surface area contributed by atoms with Crippen molar-refractivity contribution in [3.8, 4) is 11.4 Å². The third-order valence-electron chi connectivity index (χ3n) is 3.78. The Labute approximate surface area is 136 Å². The number of nitrogens with zero attached hydrogens (tertiary/aromatic N) is 5. The fourth-order valence-electron chi connectivity index (χ4n) is 2.64. The maximum atomic E-state index is 10.7. The first-order valence-corrected chi connectivity index (χ1v) is 7.58. The molecule has 0 radical (unpaired) electrons. The van der Waals surface area contributed by atoms with Crippen LogP contribution in [0.15, 0.2) is 36.5 Å². The number of aromatic nitrogens is 6. The second-order valence-electron chi connectivity index (χ2n) is 5.44. The molecule has 0 amide bonds. The van der Waals surface area contributed by atoms with Crippen LogP contribution in [-0.2, 0) is 11.2 Å². The average molecular weight is 322 g/mol. The van der Waals surface area contributed by atoms with Gasteiger partial charge in [-0.2, -0.15) is 9.61 Å². The molecule has 0 aliphatic carbocycles. The van der Waals surface area contributed by atoms with Crippen molar-refractivity contribution < 1.29 is 9.90 Å². The van der Waals surface area contributed by atoms with Crippen LogP contribution in [0.5, 0.6) is 0 Å². The van der Waals surface area contributed by atoms with E-state index in [2.05, 4.69) is 25.3 Å². The van der Waals surface area contributed by atoms with Gasteiger partial charge in [-0.25, -0.2) is 9.97 Å². The highest BCUT2D eigenvalue weighted by Gasteiger charge is 2.15. The predicted molar refractivity (Wildman–Crippen MR) is 86.4 cm³/mol. The minimum Gasteiger partial charge on any atom is -0.481 e. The summed E-state index contributed by atoms with van der Waals surface area (Å²) in [7, 11) is 0. The highest BCUT2D eigenvalue weighted by atomic mass is 16.4. The predicted octanol–water partition coefficient (Wildman–Crippen LogP) is 2.07. The molecule has 0 aliphatic heterocycles. The molecular weight excluding hydrogens is 308 g/mol. The molecule has 4 aromatic rings. The lowest BCUT2D eigenvalue weighted by atomic mass is 10.2. The van der Waals surface area contributed by atoms with E-state index in [1.54, 1.807) is 10.7 Å². The van der Waals surface area contributed by atoms with Gasteiger partial charge in [-0.1, -0.05) is 30.3 Å². The number of hydrogen-bond donors (Lipinski definition) is 2. The molecule has 3 heterocycles. The SMILES string of the molecule is O=C(O)CCCc1nc2[nH]ncc2c2nc(-c3ccccc3)nn12. The molecule has 0 fully saturated rings. The molecule has 0 atom stereocenters. The molecule has 4 rings (SSSR count). The van der Waals surface area contributed by atoms with E-state index in [1.807, 2.05) is 30.3 Å². The average Bonchev–Trinajstić information content (AvgIpc) is 3.21. The van der Waals surface area contributed by atoms with Crippen LogP contribution in [0.1, 0.15) is 18.7 Å². The molecule has 0 saturated carbocycles. The third-order valence-corrected chi connectivity index (χ3v) is 3.78. The van der Waals surface area contributed by atoms with Gasteiger partial charge in [-0.05, 0) is 6.42 Å². The monoisotopic (exact) mass is 322 g/mol. The number of nitrogens with one attached hydrogen (secondary N) is 1. The number of aliphatic carboxylic acids is 1. The summed E-state index contributed by atoms with van der Waals surface area (Å²) in [6.45, 7) is 0. The van der Waals surface area contributed by atoms with Gasteiger partial charge in [0.15, 0.2) is 17.1 Å². The van der Waals surface area contributed by atoms with Crippen LogP contribution in [-0.4, -0.2) is 40.9 Å². The minimum atomic E-state index is -0.822. The lowest BCUT2D eigenvalue weighted by Gasteiger charge is -2.02. The van der Waals surface area contributed by atoms with Gasteiger partial charge < -0.3 is 5.11 Å². The maximum Gasteiger partial charge on any atom is 0.303 e. The van der Waals surface area contributed by atoms with E-state index < -0.39 is 5.97 Å². The molecule has 0 unspecified atom stereocenters. The van der Waals surface area contributed by atoms with E-state index in [9.17, 15) is 4.79 Å². The van der Waals surface area contributed by atoms with Crippen molar-refractivity contribution >= 4 is 22.6 Å². The fraction of sp³-hybridized carbons (Fsp3) is 0.188. The van der Waals surface area contributed by atoms with Crippen LogP contribution < -0.4 is 0 Å². The zero-order valence-electron chi connectivity index (χ0n) is 12.7. The van der Waals surface area contributed by atoms with Gasteiger partial charge >= 0.3 is 5.97 Å². The Bertz CT molecular complexity index is 1020. The van der Waals surface area contributed by atoms with E-state index in [4.69, 9.17) is 5.11 Å². The zero-order chi connectivity index (χ0) is 16.5. The number of benzene rings is 1. The Morgan fingerprint density at radius 1 is 1.21 bits per heavy atom. The molecule has 0 spiro atoms. The van der Waals surface area contributed by atoms with Gasteiger partial charge in [0.25, 0.3) is 0 Å². The molecular formula is C16H14N6O2. The van der Waals surface area contributed by atoms with Gasteiger partial charge in [0.1, 0.15) is 5.82 Å². The number of H-pyrrole nitrogens is 1. The number of aryl methyl sites for hydroxylation is 1. The molecule has 0 bridgehead atoms. The van der Waals surface area contributed by atoms with Crippen molar-refractivity contribution in [3.05, 3.63) is 42.4 Å². The molecule has 8 heteroatoms. The summed E-state index contributed by atoms with van der Waals surface area (Å²) in [6, 6.07) is 9.69. The quantitative estimate of drug-likeness (QED) is 0.582. The third kappa shape index (κ3) is 2.47. The Hall–Kier alpha value is -3.29. The molecule has 0 saturated heterocycles. The highest BCUT2D eigenvalue weighted by Crippen LogP contribution is 2.21. The summed E-state index contributed by atoms with van der Waals surface area (Å²) >= 11 is 0. The van der Waals surface area contributed by atoms with Crippen LogP contribution in [0, 0.1) is 0 Å². The number of fused-ring (bicyclic) bond motifs is 3. The number of carboxylic acid groups (broad SMARTS) is 1. The van der Waals surface area contributed by atoms with E-state index in [1.165, 1.54) is 0 Å². The van der Waals surface area contributed by atoms with Crippen LogP contribution in [0.3, 0.4) is 0 Å². The minimum absolute atomic E-state index is 0.0877. The zero-order valence-corrected chi connectivity index (χ0v) is 12.7. The van der Waals surface area contributed by atoms with E-state index >= 15 is 0 Å². The molecule has 3 aromatic heterocycles. The smallest absolute Gasteiger partial charge is 0.303 e. The van der Waals surface area contributed by atoms with Gasteiger partial charge in [-0.3, -0.25) is 9.89 Å². The fourth-order valence-corrected chi connectivity index (χ4v) is 2.64. The summed E-state index contributed by atoms with van der Waals surface area (Å²) in [6.07, 6.45) is 2.74. The van der Waals surface area contributed by atoms with Crippen molar-refractivity contribution in [1.82, 2.24) is 29.8 Å². The summed E-state index contributed by atoms with van der Waals surface area (Å²) < 4.78 is 1.68. The molecule has 24 heavy (non-hydrogen) atoms. The first kappa shape index (κ1) is 14.3. The van der Waals surface area contributed by atoms with Crippen LogP contribution in [0.25, 0.3) is 28.1 Å². The van der Waals surface area contributed by atoms with Crippen LogP contribution >= 0.6 is 0 Å². The van der Waals surface area contributed by atoms with Gasteiger partial charge in [0.2, 0.25) is 0 Å². The summed E-state index contributed by atoms with van der Waals surface area (Å²) in [5.41, 5.74) is 2.20. The van der Waals surface area contributed by atoms with Gasteiger partial charge in [0.05, 0.1) is 11.6 Å². The standard InChI is InChI=1S/C16H14N6O2/c23-13(24)8-4-7-12-18-15-11(9-17-20-15)16-19-14(21-22(12)16)10-5-2-1-3-6-10/h1-3,5-6,9H,4,7-8H2,(H,17,20)(H,23,24). The van der Waals surface area contributed by atoms with Crippen molar-refractivity contribution in [2.75, 3.05) is 0 Å². The van der Waals surface area contributed by atoms with E-state index in [0.29, 0.717) is 35.8 Å². The van der Waals surface area contributed by atoms with Gasteiger partial charge in [-0.15, -0.1) is 5.10 Å². The normalized spacial score (nSPS) is 11.3.